The van der Waals surface area contributed by atoms with Gasteiger partial charge in [-0.25, -0.2) is 0 Å². The Morgan fingerprint density at radius 1 is 1.26 bits per heavy atom. The predicted molar refractivity (Wildman–Crippen MR) is 80.3 cm³/mol. The fraction of sp³-hybridized carbons (Fsp3) is 0.500. The average molecular weight is 287 g/mol. The van der Waals surface area contributed by atoms with Crippen molar-refractivity contribution in [3.8, 4) is 5.75 Å². The minimum Gasteiger partial charge on any atom is -0.491 e. The van der Waals surface area contributed by atoms with Crippen LogP contribution in [0.1, 0.15) is 30.6 Å². The van der Waals surface area contributed by atoms with E-state index in [0.717, 1.165) is 18.7 Å². The number of halogens is 1. The fourth-order valence-corrected chi connectivity index (χ4v) is 1.40. The second kappa shape index (κ2) is 9.64. The van der Waals surface area contributed by atoms with Gasteiger partial charge in [-0.15, -0.1) is 12.4 Å². The van der Waals surface area contributed by atoms with E-state index >= 15 is 0 Å². The van der Waals surface area contributed by atoms with Crippen molar-refractivity contribution >= 4 is 18.3 Å². The van der Waals surface area contributed by atoms with E-state index in [2.05, 4.69) is 17.6 Å². The summed E-state index contributed by atoms with van der Waals surface area (Å²) in [4.78, 5) is 11.7. The zero-order valence-electron chi connectivity index (χ0n) is 11.7. The van der Waals surface area contributed by atoms with Crippen LogP contribution in [0.3, 0.4) is 0 Å². The Labute approximate surface area is 121 Å². The number of likely N-dealkylation sites (N-methyl/N-ethyl adjacent to an activating group) is 1. The molecule has 1 atom stereocenters. The molecule has 1 rings (SSSR count). The Kier molecular flexibility index (Phi) is 9.00. The lowest BCUT2D eigenvalue weighted by Crippen LogP contribution is -2.30. The highest BCUT2D eigenvalue weighted by Gasteiger charge is 2.05. The number of rotatable bonds is 7. The van der Waals surface area contributed by atoms with E-state index in [9.17, 15) is 4.79 Å². The number of ether oxygens (including phenoxy) is 1. The lowest BCUT2D eigenvalue weighted by Gasteiger charge is -2.12. The van der Waals surface area contributed by atoms with Gasteiger partial charge in [0.1, 0.15) is 5.75 Å². The SMILES string of the molecule is CCC(C)Oc1ccc(C(=O)NCCNC)cc1.Cl. The fourth-order valence-electron chi connectivity index (χ4n) is 1.40. The molecule has 0 bridgehead atoms. The molecule has 0 aliphatic carbocycles. The number of hydrogen-bond acceptors (Lipinski definition) is 3. The van der Waals surface area contributed by atoms with Crippen LogP contribution in [0.15, 0.2) is 24.3 Å². The van der Waals surface area contributed by atoms with Crippen LogP contribution in [0.5, 0.6) is 5.75 Å². The van der Waals surface area contributed by atoms with E-state index in [1.807, 2.05) is 26.1 Å². The van der Waals surface area contributed by atoms with E-state index in [-0.39, 0.29) is 24.4 Å². The summed E-state index contributed by atoms with van der Waals surface area (Å²) >= 11 is 0. The number of nitrogens with one attached hydrogen (secondary N) is 2. The maximum atomic E-state index is 11.7. The molecule has 0 fully saturated rings. The molecular formula is C14H23ClN2O2. The van der Waals surface area contributed by atoms with E-state index in [4.69, 9.17) is 4.74 Å². The standard InChI is InChI=1S/C14H22N2O2.ClH/c1-4-11(2)18-13-7-5-12(6-8-13)14(17)16-10-9-15-3;/h5-8,11,15H,4,9-10H2,1-3H3,(H,16,17);1H. The summed E-state index contributed by atoms with van der Waals surface area (Å²) in [5.41, 5.74) is 0.655. The molecule has 1 aromatic carbocycles. The van der Waals surface area contributed by atoms with Crippen LogP contribution >= 0.6 is 12.4 Å². The first-order chi connectivity index (χ1) is 8.67. The van der Waals surface area contributed by atoms with Crippen LogP contribution in [0.2, 0.25) is 0 Å². The van der Waals surface area contributed by atoms with Crippen molar-refractivity contribution in [1.29, 1.82) is 0 Å². The van der Waals surface area contributed by atoms with Gasteiger partial charge in [-0.1, -0.05) is 6.92 Å². The van der Waals surface area contributed by atoms with Crippen LogP contribution in [0.4, 0.5) is 0 Å². The summed E-state index contributed by atoms with van der Waals surface area (Å²) in [5.74, 6) is 0.747. The molecule has 0 aromatic heterocycles. The second-order valence-electron chi connectivity index (χ2n) is 4.22. The lowest BCUT2D eigenvalue weighted by atomic mass is 10.2. The van der Waals surface area contributed by atoms with Crippen molar-refractivity contribution in [3.05, 3.63) is 29.8 Å². The van der Waals surface area contributed by atoms with Crippen LogP contribution in [0.25, 0.3) is 0 Å². The third kappa shape index (κ3) is 6.45. The summed E-state index contributed by atoms with van der Waals surface area (Å²) in [6.45, 7) is 5.49. The molecule has 108 valence electrons. The van der Waals surface area contributed by atoms with E-state index < -0.39 is 0 Å². The van der Waals surface area contributed by atoms with Gasteiger partial charge in [-0.3, -0.25) is 4.79 Å². The third-order valence-corrected chi connectivity index (χ3v) is 2.69. The minimum absolute atomic E-state index is 0. The molecule has 1 unspecified atom stereocenters. The summed E-state index contributed by atoms with van der Waals surface area (Å²) in [5, 5.41) is 5.81. The molecule has 5 heteroatoms. The van der Waals surface area contributed by atoms with Crippen LogP contribution in [-0.4, -0.2) is 32.1 Å². The number of carbonyl (C=O) groups excluding carboxylic acids is 1. The number of hydrogen-bond donors (Lipinski definition) is 2. The van der Waals surface area contributed by atoms with E-state index in [1.54, 1.807) is 12.1 Å². The molecule has 0 saturated heterocycles. The lowest BCUT2D eigenvalue weighted by molar-refractivity contribution is 0.0954. The molecule has 19 heavy (non-hydrogen) atoms. The van der Waals surface area contributed by atoms with Crippen LogP contribution in [0, 0.1) is 0 Å². The molecule has 0 radical (unpaired) electrons. The topological polar surface area (TPSA) is 50.4 Å². The Morgan fingerprint density at radius 3 is 2.42 bits per heavy atom. The molecule has 0 aliphatic rings. The van der Waals surface area contributed by atoms with Crippen molar-refractivity contribution in [2.45, 2.75) is 26.4 Å². The predicted octanol–water partition coefficient (Wildman–Crippen LogP) is 2.23. The van der Waals surface area contributed by atoms with Crippen LogP contribution < -0.4 is 15.4 Å². The molecule has 0 aliphatic heterocycles. The minimum atomic E-state index is -0.0552. The Bertz CT molecular complexity index is 368. The molecule has 2 N–H and O–H groups in total. The zero-order chi connectivity index (χ0) is 13.4. The van der Waals surface area contributed by atoms with Crippen molar-refractivity contribution < 1.29 is 9.53 Å². The molecule has 0 heterocycles. The molecule has 0 saturated carbocycles. The first kappa shape index (κ1) is 17.7. The quantitative estimate of drug-likeness (QED) is 0.756. The van der Waals surface area contributed by atoms with Crippen molar-refractivity contribution in [2.75, 3.05) is 20.1 Å². The van der Waals surface area contributed by atoms with E-state index in [1.165, 1.54) is 0 Å². The number of carbonyl (C=O) groups is 1. The van der Waals surface area contributed by atoms with Gasteiger partial charge in [-0.2, -0.15) is 0 Å². The van der Waals surface area contributed by atoms with Gasteiger partial charge in [-0.05, 0) is 44.7 Å². The summed E-state index contributed by atoms with van der Waals surface area (Å²) in [7, 11) is 1.85. The second-order valence-corrected chi connectivity index (χ2v) is 4.22. The highest BCUT2D eigenvalue weighted by Crippen LogP contribution is 2.14. The Morgan fingerprint density at radius 2 is 1.89 bits per heavy atom. The Hall–Kier alpha value is -1.26. The maximum Gasteiger partial charge on any atom is 0.251 e. The zero-order valence-corrected chi connectivity index (χ0v) is 12.5. The first-order valence-corrected chi connectivity index (χ1v) is 6.37. The highest BCUT2D eigenvalue weighted by atomic mass is 35.5. The molecule has 1 amide bonds. The average Bonchev–Trinajstić information content (AvgIpc) is 2.39. The van der Waals surface area contributed by atoms with Gasteiger partial charge < -0.3 is 15.4 Å². The van der Waals surface area contributed by atoms with Gasteiger partial charge in [0.25, 0.3) is 5.91 Å². The Balaban J connectivity index is 0.00000324. The normalized spacial score (nSPS) is 11.3. The maximum absolute atomic E-state index is 11.7. The molecule has 1 aromatic rings. The molecular weight excluding hydrogens is 264 g/mol. The van der Waals surface area contributed by atoms with Gasteiger partial charge in [0.15, 0.2) is 0 Å². The summed E-state index contributed by atoms with van der Waals surface area (Å²) in [6.07, 6.45) is 1.16. The third-order valence-electron chi connectivity index (χ3n) is 2.69. The van der Waals surface area contributed by atoms with Crippen molar-refractivity contribution in [1.82, 2.24) is 10.6 Å². The number of amides is 1. The smallest absolute Gasteiger partial charge is 0.251 e. The van der Waals surface area contributed by atoms with Crippen molar-refractivity contribution in [2.24, 2.45) is 0 Å². The number of benzene rings is 1. The highest BCUT2D eigenvalue weighted by molar-refractivity contribution is 5.94. The largest absolute Gasteiger partial charge is 0.491 e. The molecule has 0 spiro atoms. The van der Waals surface area contributed by atoms with Gasteiger partial charge >= 0.3 is 0 Å². The van der Waals surface area contributed by atoms with E-state index in [0.29, 0.717) is 12.1 Å². The summed E-state index contributed by atoms with van der Waals surface area (Å²) in [6, 6.07) is 7.23. The van der Waals surface area contributed by atoms with Crippen molar-refractivity contribution in [3.63, 3.8) is 0 Å². The van der Waals surface area contributed by atoms with Gasteiger partial charge in [0.05, 0.1) is 6.10 Å². The van der Waals surface area contributed by atoms with Gasteiger partial charge in [0, 0.05) is 18.7 Å². The molecule has 4 nitrogen and oxygen atoms in total. The van der Waals surface area contributed by atoms with Gasteiger partial charge in [0.2, 0.25) is 0 Å². The van der Waals surface area contributed by atoms with Crippen LogP contribution in [-0.2, 0) is 0 Å². The summed E-state index contributed by atoms with van der Waals surface area (Å²) < 4.78 is 5.66. The first-order valence-electron chi connectivity index (χ1n) is 6.37. The monoisotopic (exact) mass is 286 g/mol.